The molecule has 2 aromatic carbocycles. The van der Waals surface area contributed by atoms with Crippen LogP contribution in [0.3, 0.4) is 0 Å². The fourth-order valence-electron chi connectivity index (χ4n) is 3.52. The molecule has 1 N–H and O–H groups in total. The Morgan fingerprint density at radius 2 is 1.54 bits per heavy atom. The van der Waals surface area contributed by atoms with Crippen LogP contribution in [0.25, 0.3) is 0 Å². The summed E-state index contributed by atoms with van der Waals surface area (Å²) in [6.07, 6.45) is 4.35. The second-order valence-corrected chi connectivity index (χ2v) is 6.94. The number of amides is 1. The van der Waals surface area contributed by atoms with Gasteiger partial charge in [-0.15, -0.1) is 0 Å². The van der Waals surface area contributed by atoms with E-state index in [1.807, 2.05) is 0 Å². The van der Waals surface area contributed by atoms with Crippen molar-refractivity contribution in [2.45, 2.75) is 25.8 Å². The molecule has 0 spiro atoms. The van der Waals surface area contributed by atoms with Crippen LogP contribution in [-0.2, 0) is 17.8 Å². The third-order valence-corrected chi connectivity index (χ3v) is 5.10. The Labute approximate surface area is 156 Å². The van der Waals surface area contributed by atoms with Crippen LogP contribution in [0.4, 0.5) is 5.69 Å². The molecule has 1 amide bonds. The van der Waals surface area contributed by atoms with E-state index >= 15 is 0 Å². The number of piperazine rings is 1. The summed E-state index contributed by atoms with van der Waals surface area (Å²) in [4.78, 5) is 15.4. The molecule has 0 saturated carbocycles. The topological polar surface area (TPSA) is 35.6 Å². The first-order valence-electron chi connectivity index (χ1n) is 9.62. The molecule has 1 fully saturated rings. The highest BCUT2D eigenvalue weighted by molar-refractivity contribution is 5.46. The molecule has 0 aliphatic carbocycles. The number of aryl methyl sites for hydroxylation is 1. The summed E-state index contributed by atoms with van der Waals surface area (Å²) in [6, 6.07) is 19.3. The van der Waals surface area contributed by atoms with Crippen molar-refractivity contribution < 1.29 is 4.79 Å². The van der Waals surface area contributed by atoms with Gasteiger partial charge in [0, 0.05) is 38.4 Å². The van der Waals surface area contributed by atoms with Gasteiger partial charge in [-0.05, 0) is 49.1 Å². The lowest BCUT2D eigenvalue weighted by molar-refractivity contribution is -0.109. The molecule has 26 heavy (non-hydrogen) atoms. The summed E-state index contributed by atoms with van der Waals surface area (Å²) in [5.74, 6) is 0. The van der Waals surface area contributed by atoms with Crippen LogP contribution in [0.5, 0.6) is 0 Å². The van der Waals surface area contributed by atoms with Crippen molar-refractivity contribution in [3.05, 3.63) is 65.7 Å². The smallest absolute Gasteiger partial charge is 0.207 e. The number of unbranched alkanes of at least 4 members (excludes halogenated alkanes) is 1. The summed E-state index contributed by atoms with van der Waals surface area (Å²) in [5.41, 5.74) is 3.88. The first-order chi connectivity index (χ1) is 12.8. The van der Waals surface area contributed by atoms with Crippen molar-refractivity contribution in [2.75, 3.05) is 37.6 Å². The summed E-state index contributed by atoms with van der Waals surface area (Å²) in [7, 11) is 0. The molecule has 138 valence electrons. The number of carbonyl (C=O) groups is 1. The molecule has 4 nitrogen and oxygen atoms in total. The van der Waals surface area contributed by atoms with Crippen LogP contribution in [0.1, 0.15) is 24.0 Å². The Hall–Kier alpha value is -2.33. The molecule has 1 aliphatic heterocycles. The molecule has 0 atom stereocenters. The quantitative estimate of drug-likeness (QED) is 0.557. The number of rotatable bonds is 9. The van der Waals surface area contributed by atoms with Crippen LogP contribution < -0.4 is 10.2 Å². The van der Waals surface area contributed by atoms with Crippen LogP contribution in [0.15, 0.2) is 54.6 Å². The minimum Gasteiger partial charge on any atom is -0.369 e. The third kappa shape index (κ3) is 5.60. The first kappa shape index (κ1) is 18.5. The van der Waals surface area contributed by atoms with Gasteiger partial charge in [0.2, 0.25) is 6.41 Å². The van der Waals surface area contributed by atoms with E-state index in [2.05, 4.69) is 69.7 Å². The zero-order chi connectivity index (χ0) is 18.0. The number of nitrogens with one attached hydrogen (secondary N) is 1. The molecule has 2 aromatic rings. The van der Waals surface area contributed by atoms with Gasteiger partial charge in [0.15, 0.2) is 0 Å². The Morgan fingerprint density at radius 1 is 0.846 bits per heavy atom. The van der Waals surface area contributed by atoms with Crippen LogP contribution in [0.2, 0.25) is 0 Å². The van der Waals surface area contributed by atoms with Crippen molar-refractivity contribution in [3.63, 3.8) is 0 Å². The van der Waals surface area contributed by atoms with E-state index in [0.29, 0.717) is 6.54 Å². The minimum absolute atomic E-state index is 0.610. The molecular formula is C22H29N3O. The SMILES string of the molecule is O=CNCc1ccc(CCCCN2CCN(c3ccccc3)CC2)cc1. The molecule has 3 rings (SSSR count). The maximum absolute atomic E-state index is 10.3. The number of para-hydroxylation sites is 1. The Kier molecular flexibility index (Phi) is 7.08. The van der Waals surface area contributed by atoms with E-state index in [0.717, 1.165) is 44.6 Å². The second-order valence-electron chi connectivity index (χ2n) is 6.94. The molecule has 0 radical (unpaired) electrons. The molecule has 4 heteroatoms. The van der Waals surface area contributed by atoms with Gasteiger partial charge in [0.05, 0.1) is 0 Å². The fraction of sp³-hybridized carbons (Fsp3) is 0.409. The lowest BCUT2D eigenvalue weighted by atomic mass is 10.1. The monoisotopic (exact) mass is 351 g/mol. The van der Waals surface area contributed by atoms with Crippen molar-refractivity contribution in [1.82, 2.24) is 10.2 Å². The van der Waals surface area contributed by atoms with Gasteiger partial charge in [-0.2, -0.15) is 0 Å². The number of anilines is 1. The molecule has 0 bridgehead atoms. The number of carbonyl (C=O) groups excluding carboxylic acids is 1. The van der Waals surface area contributed by atoms with E-state index in [1.165, 1.54) is 30.6 Å². The first-order valence-corrected chi connectivity index (χ1v) is 9.62. The maximum Gasteiger partial charge on any atom is 0.207 e. The molecule has 1 heterocycles. The predicted octanol–water partition coefficient (Wildman–Crippen LogP) is 3.08. The summed E-state index contributed by atoms with van der Waals surface area (Å²) < 4.78 is 0. The average Bonchev–Trinajstić information content (AvgIpc) is 2.72. The van der Waals surface area contributed by atoms with E-state index in [9.17, 15) is 4.79 Å². The van der Waals surface area contributed by atoms with Crippen molar-refractivity contribution in [1.29, 1.82) is 0 Å². The maximum atomic E-state index is 10.3. The van der Waals surface area contributed by atoms with Gasteiger partial charge in [0.25, 0.3) is 0 Å². The van der Waals surface area contributed by atoms with E-state index in [4.69, 9.17) is 0 Å². The third-order valence-electron chi connectivity index (χ3n) is 5.10. The van der Waals surface area contributed by atoms with Crippen molar-refractivity contribution >= 4 is 12.1 Å². The van der Waals surface area contributed by atoms with Crippen molar-refractivity contribution in [3.8, 4) is 0 Å². The summed E-state index contributed by atoms with van der Waals surface area (Å²) in [5, 5.41) is 2.70. The van der Waals surface area contributed by atoms with Gasteiger partial charge in [-0.1, -0.05) is 42.5 Å². The van der Waals surface area contributed by atoms with Crippen molar-refractivity contribution in [2.24, 2.45) is 0 Å². The standard InChI is InChI=1S/C22H29N3O/c26-19-23-18-21-11-9-20(10-12-21)6-4-5-13-24-14-16-25(17-15-24)22-7-2-1-3-8-22/h1-3,7-12,19H,4-6,13-18H2,(H,23,26). The van der Waals surface area contributed by atoms with E-state index in [1.54, 1.807) is 0 Å². The van der Waals surface area contributed by atoms with Crippen LogP contribution >= 0.6 is 0 Å². The number of hydrogen-bond donors (Lipinski definition) is 1. The zero-order valence-corrected chi connectivity index (χ0v) is 15.4. The van der Waals surface area contributed by atoms with Gasteiger partial charge in [-0.25, -0.2) is 0 Å². The van der Waals surface area contributed by atoms with Crippen LogP contribution in [0, 0.1) is 0 Å². The fourth-order valence-corrected chi connectivity index (χ4v) is 3.52. The highest BCUT2D eigenvalue weighted by Gasteiger charge is 2.16. The second kappa shape index (κ2) is 9.97. The average molecular weight is 351 g/mol. The molecule has 0 unspecified atom stereocenters. The van der Waals surface area contributed by atoms with Crippen LogP contribution in [-0.4, -0.2) is 44.0 Å². The lowest BCUT2D eigenvalue weighted by Gasteiger charge is -2.36. The molecule has 1 saturated heterocycles. The Bertz CT molecular complexity index is 649. The molecular weight excluding hydrogens is 322 g/mol. The van der Waals surface area contributed by atoms with E-state index in [-0.39, 0.29) is 0 Å². The van der Waals surface area contributed by atoms with Gasteiger partial charge < -0.3 is 10.2 Å². The summed E-state index contributed by atoms with van der Waals surface area (Å²) in [6.45, 7) is 6.38. The van der Waals surface area contributed by atoms with Gasteiger partial charge in [0.1, 0.15) is 0 Å². The highest BCUT2D eigenvalue weighted by Crippen LogP contribution is 2.16. The molecule has 1 aliphatic rings. The predicted molar refractivity (Wildman–Crippen MR) is 107 cm³/mol. The zero-order valence-electron chi connectivity index (χ0n) is 15.4. The largest absolute Gasteiger partial charge is 0.369 e. The van der Waals surface area contributed by atoms with Gasteiger partial charge in [-0.3, -0.25) is 9.69 Å². The Balaban J connectivity index is 1.31. The Morgan fingerprint density at radius 3 is 2.23 bits per heavy atom. The highest BCUT2D eigenvalue weighted by atomic mass is 16.1. The number of hydrogen-bond acceptors (Lipinski definition) is 3. The summed E-state index contributed by atoms with van der Waals surface area (Å²) >= 11 is 0. The number of benzene rings is 2. The van der Waals surface area contributed by atoms with E-state index < -0.39 is 0 Å². The number of nitrogens with zero attached hydrogens (tertiary/aromatic N) is 2. The lowest BCUT2D eigenvalue weighted by Crippen LogP contribution is -2.46. The minimum atomic E-state index is 0.610. The normalized spacial score (nSPS) is 15.0. The van der Waals surface area contributed by atoms with Gasteiger partial charge >= 0.3 is 0 Å². The molecule has 0 aromatic heterocycles.